The second-order valence-corrected chi connectivity index (χ2v) is 9.12. The van der Waals surface area contributed by atoms with E-state index in [1.165, 1.54) is 19.3 Å². The predicted octanol–water partition coefficient (Wildman–Crippen LogP) is 6.29. The molecule has 0 bridgehead atoms. The molecule has 0 atom stereocenters. The minimum absolute atomic E-state index is 0.131. The van der Waals surface area contributed by atoms with Crippen molar-refractivity contribution < 1.29 is 14.3 Å². The number of ether oxygens (including phenoxy) is 1. The van der Waals surface area contributed by atoms with Gasteiger partial charge in [-0.1, -0.05) is 44.2 Å². The van der Waals surface area contributed by atoms with Gasteiger partial charge in [-0.2, -0.15) is 0 Å². The van der Waals surface area contributed by atoms with E-state index in [9.17, 15) is 9.59 Å². The van der Waals surface area contributed by atoms with Crippen LogP contribution >= 0.6 is 0 Å². The lowest BCUT2D eigenvalue weighted by Gasteiger charge is -2.23. The van der Waals surface area contributed by atoms with Gasteiger partial charge in [-0.15, -0.1) is 0 Å². The first-order valence-electron chi connectivity index (χ1n) is 11.6. The monoisotopic (exact) mass is 428 g/mol. The lowest BCUT2D eigenvalue weighted by molar-refractivity contribution is -0.133. The summed E-state index contributed by atoms with van der Waals surface area (Å²) < 4.78 is 6.05. The number of amides is 1. The Balaban J connectivity index is 1.22. The maximum Gasteiger partial charge on any atom is 0.238 e. The van der Waals surface area contributed by atoms with Crippen LogP contribution in [0.25, 0.3) is 10.9 Å². The smallest absolute Gasteiger partial charge is 0.238 e. The lowest BCUT2D eigenvalue weighted by atomic mass is 9.82. The minimum Gasteiger partial charge on any atom is -0.457 e. The molecule has 5 nitrogen and oxygen atoms in total. The van der Waals surface area contributed by atoms with Gasteiger partial charge in [0.1, 0.15) is 22.7 Å². The van der Waals surface area contributed by atoms with Crippen LogP contribution in [0.1, 0.15) is 51.4 Å². The number of benzene rings is 2. The molecule has 2 aromatic carbocycles. The van der Waals surface area contributed by atoms with Gasteiger partial charge in [-0.3, -0.25) is 14.6 Å². The largest absolute Gasteiger partial charge is 0.457 e. The third-order valence-electron chi connectivity index (χ3n) is 6.87. The number of Topliss-reactive ketones (excluding diaryl/α,β-unsaturated/α-hetero) is 1. The average molecular weight is 429 g/mol. The summed E-state index contributed by atoms with van der Waals surface area (Å²) in [6.45, 7) is 0. The SMILES string of the molecule is O=C(CC1CCCCC1)C1(C(=O)Nc2ccc(Oc3ccnc4ccccc34)cc2)CC1. The molecule has 5 rings (SSSR count). The molecule has 5 heteroatoms. The van der Waals surface area contributed by atoms with Crippen molar-refractivity contribution in [1.82, 2.24) is 4.98 Å². The third kappa shape index (κ3) is 4.24. The molecule has 1 amide bonds. The molecule has 2 aliphatic carbocycles. The van der Waals surface area contributed by atoms with Crippen molar-refractivity contribution in [2.24, 2.45) is 11.3 Å². The quantitative estimate of drug-likeness (QED) is 0.449. The summed E-state index contributed by atoms with van der Waals surface area (Å²) in [5.74, 6) is 1.84. The second kappa shape index (κ2) is 8.73. The summed E-state index contributed by atoms with van der Waals surface area (Å²) >= 11 is 0. The van der Waals surface area contributed by atoms with Gasteiger partial charge in [0.05, 0.1) is 5.52 Å². The van der Waals surface area contributed by atoms with E-state index in [1.54, 1.807) is 6.20 Å². The Hall–Kier alpha value is -3.21. The number of hydrogen-bond donors (Lipinski definition) is 1. The maximum atomic E-state index is 12.9. The first kappa shape index (κ1) is 20.7. The number of carbonyl (C=O) groups excluding carboxylic acids is 2. The van der Waals surface area contributed by atoms with Crippen molar-refractivity contribution in [3.63, 3.8) is 0 Å². The first-order chi connectivity index (χ1) is 15.6. The molecular formula is C27H28N2O3. The maximum absolute atomic E-state index is 12.9. The Labute approximate surface area is 188 Å². The van der Waals surface area contributed by atoms with Crippen molar-refractivity contribution >= 4 is 28.3 Å². The van der Waals surface area contributed by atoms with Crippen molar-refractivity contribution in [3.05, 3.63) is 60.8 Å². The van der Waals surface area contributed by atoms with E-state index in [1.807, 2.05) is 54.6 Å². The molecule has 1 heterocycles. The van der Waals surface area contributed by atoms with Gasteiger partial charge in [0.15, 0.2) is 0 Å². The van der Waals surface area contributed by atoms with Crippen LogP contribution in [0.4, 0.5) is 5.69 Å². The molecule has 0 spiro atoms. The molecule has 0 unspecified atom stereocenters. The number of para-hydroxylation sites is 1. The van der Waals surface area contributed by atoms with Crippen LogP contribution in [0, 0.1) is 11.3 Å². The normalized spacial score (nSPS) is 17.6. The van der Waals surface area contributed by atoms with E-state index in [-0.39, 0.29) is 11.7 Å². The number of anilines is 1. The molecule has 0 aliphatic heterocycles. The molecule has 2 fully saturated rings. The fourth-order valence-corrected chi connectivity index (χ4v) is 4.75. The highest BCUT2D eigenvalue weighted by molar-refractivity contribution is 6.13. The number of carbonyl (C=O) groups is 2. The highest BCUT2D eigenvalue weighted by atomic mass is 16.5. The molecule has 0 saturated heterocycles. The topological polar surface area (TPSA) is 68.3 Å². The second-order valence-electron chi connectivity index (χ2n) is 9.12. The van der Waals surface area contributed by atoms with E-state index < -0.39 is 5.41 Å². The molecule has 3 aromatic rings. The van der Waals surface area contributed by atoms with Gasteiger partial charge in [0.2, 0.25) is 5.91 Å². The Kier molecular flexibility index (Phi) is 5.64. The van der Waals surface area contributed by atoms with E-state index in [2.05, 4.69) is 10.3 Å². The number of nitrogens with one attached hydrogen (secondary N) is 1. The number of nitrogens with zero attached hydrogens (tertiary/aromatic N) is 1. The van der Waals surface area contributed by atoms with Crippen molar-refractivity contribution in [2.45, 2.75) is 51.4 Å². The summed E-state index contributed by atoms with van der Waals surface area (Å²) in [6.07, 6.45) is 9.55. The van der Waals surface area contributed by atoms with E-state index in [0.29, 0.717) is 36.6 Å². The summed E-state index contributed by atoms with van der Waals surface area (Å²) in [7, 11) is 0. The van der Waals surface area contributed by atoms with Crippen molar-refractivity contribution in [1.29, 1.82) is 0 Å². The zero-order valence-electron chi connectivity index (χ0n) is 18.2. The molecule has 164 valence electrons. The molecule has 2 saturated carbocycles. The van der Waals surface area contributed by atoms with Crippen LogP contribution in [-0.4, -0.2) is 16.7 Å². The van der Waals surface area contributed by atoms with Gasteiger partial charge in [-0.05, 0) is 61.2 Å². The lowest BCUT2D eigenvalue weighted by Crippen LogP contribution is -2.33. The average Bonchev–Trinajstić information content (AvgIpc) is 3.64. The van der Waals surface area contributed by atoms with Crippen LogP contribution in [0.2, 0.25) is 0 Å². The van der Waals surface area contributed by atoms with Gasteiger partial charge in [0, 0.05) is 23.7 Å². The van der Waals surface area contributed by atoms with Gasteiger partial charge >= 0.3 is 0 Å². The fourth-order valence-electron chi connectivity index (χ4n) is 4.75. The summed E-state index contributed by atoms with van der Waals surface area (Å²) in [6, 6.07) is 17.0. The summed E-state index contributed by atoms with van der Waals surface area (Å²) in [5, 5.41) is 3.90. The third-order valence-corrected chi connectivity index (χ3v) is 6.87. The highest BCUT2D eigenvalue weighted by Crippen LogP contribution is 2.49. The van der Waals surface area contributed by atoms with Crippen LogP contribution in [0.15, 0.2) is 60.8 Å². The van der Waals surface area contributed by atoms with E-state index in [4.69, 9.17) is 4.74 Å². The standard InChI is InChI=1S/C27H28N2O3/c30-25(18-19-6-2-1-3-7-19)27(15-16-27)26(31)29-20-10-12-21(13-11-20)32-24-14-17-28-23-9-5-4-8-22(23)24/h4-5,8-14,17,19H,1-3,6-7,15-16,18H2,(H,29,31). The van der Waals surface area contributed by atoms with Crippen LogP contribution < -0.4 is 10.1 Å². The molecular weight excluding hydrogens is 400 g/mol. The van der Waals surface area contributed by atoms with Gasteiger partial charge < -0.3 is 10.1 Å². The summed E-state index contributed by atoms with van der Waals surface area (Å²) in [5.41, 5.74) is 0.753. The Morgan fingerprint density at radius 1 is 0.969 bits per heavy atom. The number of hydrogen-bond acceptors (Lipinski definition) is 4. The number of rotatable bonds is 7. The van der Waals surface area contributed by atoms with Crippen molar-refractivity contribution in [2.75, 3.05) is 5.32 Å². The number of fused-ring (bicyclic) bond motifs is 1. The Morgan fingerprint density at radius 3 is 2.47 bits per heavy atom. The zero-order chi connectivity index (χ0) is 22.0. The molecule has 0 radical (unpaired) electrons. The van der Waals surface area contributed by atoms with Gasteiger partial charge in [-0.25, -0.2) is 0 Å². The molecule has 1 N–H and O–H groups in total. The zero-order valence-corrected chi connectivity index (χ0v) is 18.2. The Morgan fingerprint density at radius 2 is 1.72 bits per heavy atom. The molecule has 1 aromatic heterocycles. The number of pyridine rings is 1. The molecule has 2 aliphatic rings. The number of aromatic nitrogens is 1. The highest BCUT2D eigenvalue weighted by Gasteiger charge is 2.55. The van der Waals surface area contributed by atoms with Crippen molar-refractivity contribution in [3.8, 4) is 11.5 Å². The van der Waals surface area contributed by atoms with E-state index >= 15 is 0 Å². The van der Waals surface area contributed by atoms with E-state index in [0.717, 1.165) is 29.5 Å². The van der Waals surface area contributed by atoms with Crippen LogP contribution in [-0.2, 0) is 9.59 Å². The van der Waals surface area contributed by atoms with Gasteiger partial charge in [0.25, 0.3) is 0 Å². The number of ketones is 1. The first-order valence-corrected chi connectivity index (χ1v) is 11.6. The van der Waals surface area contributed by atoms with Crippen LogP contribution in [0.5, 0.6) is 11.5 Å². The molecule has 32 heavy (non-hydrogen) atoms. The minimum atomic E-state index is -0.803. The fraction of sp³-hybridized carbons (Fsp3) is 0.370. The predicted molar refractivity (Wildman–Crippen MR) is 125 cm³/mol. The Bertz CT molecular complexity index is 1120. The summed E-state index contributed by atoms with van der Waals surface area (Å²) in [4.78, 5) is 30.2. The van der Waals surface area contributed by atoms with Crippen LogP contribution in [0.3, 0.4) is 0 Å².